The van der Waals surface area contributed by atoms with Crippen LogP contribution < -0.4 is 5.32 Å². The summed E-state index contributed by atoms with van der Waals surface area (Å²) in [5.41, 5.74) is 0.253. The first-order valence-corrected chi connectivity index (χ1v) is 10.2. The smallest absolute Gasteiger partial charge is 0.258 e. The number of pyridine rings is 1. The number of aromatic nitrogens is 1. The third-order valence-corrected chi connectivity index (χ3v) is 6.63. The van der Waals surface area contributed by atoms with Gasteiger partial charge in [-0.2, -0.15) is 4.31 Å². The van der Waals surface area contributed by atoms with Crippen molar-refractivity contribution in [2.24, 2.45) is 0 Å². The van der Waals surface area contributed by atoms with Gasteiger partial charge in [0.05, 0.1) is 10.5 Å². The molecular weight excluding hydrogens is 406 g/mol. The van der Waals surface area contributed by atoms with Crippen LogP contribution in [0.15, 0.2) is 52.0 Å². The van der Waals surface area contributed by atoms with Gasteiger partial charge in [-0.3, -0.25) is 4.79 Å². The number of rotatable bonds is 4. The maximum Gasteiger partial charge on any atom is 0.258 e. The summed E-state index contributed by atoms with van der Waals surface area (Å²) < 4.78 is 27.6. The van der Waals surface area contributed by atoms with E-state index in [4.69, 9.17) is 0 Å². The fourth-order valence-corrected chi connectivity index (χ4v) is 4.68. The summed E-state index contributed by atoms with van der Waals surface area (Å²) in [4.78, 5) is 16.7. The van der Waals surface area contributed by atoms with Gasteiger partial charge in [0.1, 0.15) is 5.82 Å². The Morgan fingerprint density at radius 2 is 1.88 bits per heavy atom. The van der Waals surface area contributed by atoms with Gasteiger partial charge < -0.3 is 5.32 Å². The van der Waals surface area contributed by atoms with E-state index in [1.807, 2.05) is 0 Å². The van der Waals surface area contributed by atoms with Gasteiger partial charge in [-0.05, 0) is 59.1 Å². The third-order valence-electron chi connectivity index (χ3n) is 4.04. The van der Waals surface area contributed by atoms with Gasteiger partial charge in [-0.15, -0.1) is 0 Å². The minimum absolute atomic E-state index is 0.128. The van der Waals surface area contributed by atoms with Crippen LogP contribution >= 0.6 is 15.9 Å². The Morgan fingerprint density at radius 1 is 1.12 bits per heavy atom. The Morgan fingerprint density at radius 3 is 2.56 bits per heavy atom. The first-order chi connectivity index (χ1) is 12.0. The lowest BCUT2D eigenvalue weighted by atomic mass is 10.2. The van der Waals surface area contributed by atoms with Gasteiger partial charge in [-0.1, -0.05) is 12.5 Å². The molecule has 0 radical (unpaired) electrons. The number of nitrogens with one attached hydrogen (secondary N) is 1. The van der Waals surface area contributed by atoms with Crippen LogP contribution in [0.1, 0.15) is 29.6 Å². The summed E-state index contributed by atoms with van der Waals surface area (Å²) in [6.07, 6.45) is 4.34. The summed E-state index contributed by atoms with van der Waals surface area (Å²) in [5, 5.41) is 2.67. The second-order valence-corrected chi connectivity index (χ2v) is 8.57. The molecule has 1 N–H and O–H groups in total. The van der Waals surface area contributed by atoms with Crippen molar-refractivity contribution in [1.82, 2.24) is 9.29 Å². The molecule has 0 atom stereocenters. The molecule has 8 heteroatoms. The van der Waals surface area contributed by atoms with E-state index in [9.17, 15) is 13.2 Å². The number of sulfonamides is 1. The fourth-order valence-electron chi connectivity index (χ4n) is 2.71. The lowest BCUT2D eigenvalue weighted by molar-refractivity contribution is 0.102. The van der Waals surface area contributed by atoms with E-state index in [0.29, 0.717) is 23.4 Å². The third kappa shape index (κ3) is 4.08. The van der Waals surface area contributed by atoms with E-state index < -0.39 is 15.9 Å². The Hall–Kier alpha value is -1.77. The maximum atomic E-state index is 12.8. The Labute approximate surface area is 155 Å². The van der Waals surface area contributed by atoms with Crippen molar-refractivity contribution in [2.45, 2.75) is 24.2 Å². The Bertz CT molecular complexity index is 866. The number of nitrogens with zero attached hydrogens (tertiary/aromatic N) is 2. The average molecular weight is 424 g/mol. The topological polar surface area (TPSA) is 79.4 Å². The highest BCUT2D eigenvalue weighted by atomic mass is 79.9. The number of hydrogen-bond acceptors (Lipinski definition) is 4. The largest absolute Gasteiger partial charge is 0.307 e. The molecule has 1 saturated heterocycles. The second-order valence-electron chi connectivity index (χ2n) is 5.78. The minimum Gasteiger partial charge on any atom is -0.307 e. The quantitative estimate of drug-likeness (QED) is 0.817. The lowest BCUT2D eigenvalue weighted by Gasteiger charge is -2.26. The van der Waals surface area contributed by atoms with Crippen LogP contribution in [0.25, 0.3) is 0 Å². The number of hydrogen-bond donors (Lipinski definition) is 1. The standard InChI is InChI=1S/C17H18BrN3O3S/c18-15-8-7-13(25(23,24)21-10-4-1-5-11-21)12-14(15)17(22)20-16-6-2-3-9-19-16/h2-3,6-9,12H,1,4-5,10-11H2,(H,19,20,22). The molecule has 0 bridgehead atoms. The van der Waals surface area contributed by atoms with Gasteiger partial charge in [0.15, 0.2) is 0 Å². The SMILES string of the molecule is O=C(Nc1ccccn1)c1cc(S(=O)(=O)N2CCCCC2)ccc1Br. The molecule has 0 unspecified atom stereocenters. The zero-order valence-electron chi connectivity index (χ0n) is 13.5. The first-order valence-electron chi connectivity index (χ1n) is 8.00. The maximum absolute atomic E-state index is 12.8. The highest BCUT2D eigenvalue weighted by Crippen LogP contribution is 2.26. The number of benzene rings is 1. The molecule has 0 aliphatic carbocycles. The molecule has 1 amide bonds. The summed E-state index contributed by atoms with van der Waals surface area (Å²) in [6.45, 7) is 1.04. The first kappa shape index (κ1) is 18.0. The zero-order chi connectivity index (χ0) is 17.9. The van der Waals surface area contributed by atoms with Crippen molar-refractivity contribution >= 4 is 37.7 Å². The average Bonchev–Trinajstić information content (AvgIpc) is 2.63. The van der Waals surface area contributed by atoms with Crippen LogP contribution in [-0.2, 0) is 10.0 Å². The number of carbonyl (C=O) groups excluding carboxylic acids is 1. The van der Waals surface area contributed by atoms with Crippen LogP contribution in [0, 0.1) is 0 Å². The molecule has 2 aromatic rings. The highest BCUT2D eigenvalue weighted by molar-refractivity contribution is 9.10. The monoisotopic (exact) mass is 423 g/mol. The van der Waals surface area contributed by atoms with E-state index in [1.54, 1.807) is 30.5 Å². The fraction of sp³-hybridized carbons (Fsp3) is 0.294. The summed E-state index contributed by atoms with van der Waals surface area (Å²) in [7, 11) is -3.59. The summed E-state index contributed by atoms with van der Waals surface area (Å²) in [6, 6.07) is 9.69. The van der Waals surface area contributed by atoms with E-state index in [-0.39, 0.29) is 10.5 Å². The van der Waals surface area contributed by atoms with Crippen LogP contribution in [0.2, 0.25) is 0 Å². The van der Waals surface area contributed by atoms with Crippen LogP contribution in [0.5, 0.6) is 0 Å². The van der Waals surface area contributed by atoms with Gasteiger partial charge in [0.25, 0.3) is 5.91 Å². The molecule has 1 aromatic carbocycles. The molecule has 1 aromatic heterocycles. The summed E-state index contributed by atoms with van der Waals surface area (Å²) in [5.74, 6) is -0.00930. The number of anilines is 1. The van der Waals surface area contributed by atoms with Gasteiger partial charge in [-0.25, -0.2) is 13.4 Å². The van der Waals surface area contributed by atoms with Gasteiger partial charge in [0, 0.05) is 23.8 Å². The van der Waals surface area contributed by atoms with E-state index in [2.05, 4.69) is 26.2 Å². The molecule has 0 saturated carbocycles. The molecule has 132 valence electrons. The molecule has 1 fully saturated rings. The van der Waals surface area contributed by atoms with Crippen LogP contribution in [-0.4, -0.2) is 36.7 Å². The highest BCUT2D eigenvalue weighted by Gasteiger charge is 2.27. The Balaban J connectivity index is 1.88. The molecule has 25 heavy (non-hydrogen) atoms. The van der Waals surface area contributed by atoms with E-state index >= 15 is 0 Å². The number of piperidine rings is 1. The summed E-state index contributed by atoms with van der Waals surface area (Å²) >= 11 is 3.32. The molecule has 3 rings (SSSR count). The second kappa shape index (κ2) is 7.63. The van der Waals surface area contributed by atoms with Crippen molar-refractivity contribution in [3.8, 4) is 0 Å². The van der Waals surface area contributed by atoms with Gasteiger partial charge >= 0.3 is 0 Å². The van der Waals surface area contributed by atoms with Crippen molar-refractivity contribution < 1.29 is 13.2 Å². The molecule has 2 heterocycles. The number of carbonyl (C=O) groups is 1. The molecule has 6 nitrogen and oxygen atoms in total. The molecule has 1 aliphatic heterocycles. The van der Waals surface area contributed by atoms with E-state index in [0.717, 1.165) is 19.3 Å². The predicted octanol–water partition coefficient (Wildman–Crippen LogP) is 3.27. The number of amides is 1. The van der Waals surface area contributed by atoms with Crippen LogP contribution in [0.4, 0.5) is 5.82 Å². The van der Waals surface area contributed by atoms with Crippen LogP contribution in [0.3, 0.4) is 0 Å². The Kier molecular flexibility index (Phi) is 5.51. The molecule has 0 spiro atoms. The van der Waals surface area contributed by atoms with Crippen molar-refractivity contribution in [2.75, 3.05) is 18.4 Å². The van der Waals surface area contributed by atoms with Gasteiger partial charge in [0.2, 0.25) is 10.0 Å². The normalized spacial score (nSPS) is 15.7. The molecular formula is C17H18BrN3O3S. The van der Waals surface area contributed by atoms with Crippen molar-refractivity contribution in [3.63, 3.8) is 0 Å². The van der Waals surface area contributed by atoms with Crippen molar-refractivity contribution in [1.29, 1.82) is 0 Å². The molecule has 1 aliphatic rings. The zero-order valence-corrected chi connectivity index (χ0v) is 15.9. The minimum atomic E-state index is -3.59. The predicted molar refractivity (Wildman–Crippen MR) is 98.9 cm³/mol. The lowest BCUT2D eigenvalue weighted by Crippen LogP contribution is -2.35. The van der Waals surface area contributed by atoms with Crippen molar-refractivity contribution in [3.05, 3.63) is 52.6 Å². The van der Waals surface area contributed by atoms with E-state index in [1.165, 1.54) is 16.4 Å². The number of halogens is 1.